The fraction of sp³-hybridized carbons (Fsp3) is 0.556. The molecule has 2 rings (SSSR count). The minimum absolute atomic E-state index is 0.0510. The Morgan fingerprint density at radius 1 is 1.25 bits per heavy atom. The van der Waals surface area contributed by atoms with Crippen LogP contribution in [-0.4, -0.2) is 53.0 Å². The van der Waals surface area contributed by atoms with Crippen molar-refractivity contribution in [2.24, 2.45) is 5.92 Å². The van der Waals surface area contributed by atoms with Gasteiger partial charge in [-0.1, -0.05) is 6.07 Å². The van der Waals surface area contributed by atoms with Gasteiger partial charge in [0.1, 0.15) is 5.75 Å². The Kier molecular flexibility index (Phi) is 6.06. The van der Waals surface area contributed by atoms with Crippen LogP contribution in [0, 0.1) is 12.8 Å². The van der Waals surface area contributed by atoms with E-state index >= 15 is 0 Å². The Labute approximate surface area is 143 Å². The van der Waals surface area contributed by atoms with Gasteiger partial charge in [0.25, 0.3) is 0 Å². The predicted octanol–water partition coefficient (Wildman–Crippen LogP) is 2.81. The predicted molar refractivity (Wildman–Crippen MR) is 94.1 cm³/mol. The number of amides is 3. The van der Waals surface area contributed by atoms with Crippen molar-refractivity contribution in [2.75, 3.05) is 31.5 Å². The molecule has 1 fully saturated rings. The lowest BCUT2D eigenvalue weighted by molar-refractivity contribution is -0.121. The van der Waals surface area contributed by atoms with Gasteiger partial charge < -0.3 is 20.2 Å². The smallest absolute Gasteiger partial charge is 0.319 e. The van der Waals surface area contributed by atoms with Gasteiger partial charge in [0.2, 0.25) is 5.91 Å². The number of anilines is 1. The Morgan fingerprint density at radius 2 is 1.88 bits per heavy atom. The van der Waals surface area contributed by atoms with Crippen LogP contribution < -0.4 is 5.32 Å². The number of aryl methyl sites for hydroxylation is 1. The first-order valence-corrected chi connectivity index (χ1v) is 8.60. The molecule has 1 aliphatic heterocycles. The summed E-state index contributed by atoms with van der Waals surface area (Å²) in [7, 11) is 0. The summed E-state index contributed by atoms with van der Waals surface area (Å²) in [5, 5.41) is 12.7. The van der Waals surface area contributed by atoms with Crippen molar-refractivity contribution in [3.63, 3.8) is 0 Å². The highest BCUT2D eigenvalue weighted by atomic mass is 16.3. The Bertz CT molecular complexity index is 591. The number of nitrogens with zero attached hydrogens (tertiary/aromatic N) is 2. The molecule has 3 amide bonds. The van der Waals surface area contributed by atoms with Crippen LogP contribution >= 0.6 is 0 Å². The molecule has 1 saturated heterocycles. The Balaban J connectivity index is 1.89. The molecular weight excluding hydrogens is 306 g/mol. The van der Waals surface area contributed by atoms with E-state index in [1.165, 1.54) is 0 Å². The third-order valence-corrected chi connectivity index (χ3v) is 4.58. The highest BCUT2D eigenvalue weighted by Gasteiger charge is 2.29. The van der Waals surface area contributed by atoms with Crippen molar-refractivity contribution in [2.45, 2.75) is 33.6 Å². The van der Waals surface area contributed by atoms with E-state index in [2.05, 4.69) is 5.32 Å². The van der Waals surface area contributed by atoms with Gasteiger partial charge in [0.05, 0.1) is 5.69 Å². The summed E-state index contributed by atoms with van der Waals surface area (Å²) < 4.78 is 0. The van der Waals surface area contributed by atoms with Gasteiger partial charge in [-0.05, 0) is 51.3 Å². The minimum Gasteiger partial charge on any atom is -0.506 e. The summed E-state index contributed by atoms with van der Waals surface area (Å²) in [6.07, 6.45) is 1.29. The number of benzene rings is 1. The molecule has 0 spiro atoms. The lowest BCUT2D eigenvalue weighted by Crippen LogP contribution is -2.47. The van der Waals surface area contributed by atoms with Gasteiger partial charge in [-0.25, -0.2) is 4.79 Å². The van der Waals surface area contributed by atoms with Crippen molar-refractivity contribution >= 4 is 17.6 Å². The van der Waals surface area contributed by atoms with E-state index in [0.717, 1.165) is 5.56 Å². The average Bonchev–Trinajstić information content (AvgIpc) is 2.58. The Hall–Kier alpha value is -2.24. The lowest BCUT2D eigenvalue weighted by Gasteiger charge is -2.34. The maximum Gasteiger partial charge on any atom is 0.319 e. The molecule has 1 heterocycles. The second-order valence-corrected chi connectivity index (χ2v) is 6.23. The number of hydrogen-bond donors (Lipinski definition) is 2. The molecule has 132 valence electrons. The van der Waals surface area contributed by atoms with Crippen molar-refractivity contribution in [1.29, 1.82) is 0 Å². The topological polar surface area (TPSA) is 72.9 Å². The monoisotopic (exact) mass is 333 g/mol. The molecule has 0 unspecified atom stereocenters. The van der Waals surface area contributed by atoms with Gasteiger partial charge in [0.15, 0.2) is 0 Å². The number of phenolic OH excluding ortho intramolecular Hbond substituents is 1. The maximum atomic E-state index is 12.4. The summed E-state index contributed by atoms with van der Waals surface area (Å²) >= 11 is 0. The van der Waals surface area contributed by atoms with E-state index in [9.17, 15) is 14.7 Å². The van der Waals surface area contributed by atoms with Crippen LogP contribution in [-0.2, 0) is 4.79 Å². The third-order valence-electron chi connectivity index (χ3n) is 4.58. The zero-order chi connectivity index (χ0) is 17.7. The van der Waals surface area contributed by atoms with Crippen LogP contribution in [0.25, 0.3) is 0 Å². The van der Waals surface area contributed by atoms with Crippen LogP contribution in [0.5, 0.6) is 5.75 Å². The number of aromatic hydroxyl groups is 1. The first kappa shape index (κ1) is 18.1. The molecule has 0 radical (unpaired) electrons. The van der Waals surface area contributed by atoms with E-state index < -0.39 is 0 Å². The number of phenols is 1. The van der Waals surface area contributed by atoms with E-state index in [4.69, 9.17) is 0 Å². The maximum absolute atomic E-state index is 12.4. The first-order chi connectivity index (χ1) is 11.5. The van der Waals surface area contributed by atoms with Gasteiger partial charge in [-0.3, -0.25) is 4.79 Å². The van der Waals surface area contributed by atoms with Crippen molar-refractivity contribution in [1.82, 2.24) is 9.80 Å². The molecule has 2 N–H and O–H groups in total. The number of hydrogen-bond acceptors (Lipinski definition) is 3. The molecule has 0 saturated carbocycles. The van der Waals surface area contributed by atoms with E-state index in [1.54, 1.807) is 17.0 Å². The normalized spacial score (nSPS) is 15.2. The van der Waals surface area contributed by atoms with Crippen LogP contribution in [0.4, 0.5) is 10.5 Å². The minimum atomic E-state index is -0.133. The number of nitrogens with one attached hydrogen (secondary N) is 1. The molecule has 0 bridgehead atoms. The highest BCUT2D eigenvalue weighted by Crippen LogP contribution is 2.26. The largest absolute Gasteiger partial charge is 0.506 e. The van der Waals surface area contributed by atoms with Crippen molar-refractivity contribution in [3.05, 3.63) is 23.8 Å². The SMILES string of the molecule is CCN(CC)C(=O)N1CCC(C(=O)Nc2ccc(C)cc2O)CC1. The first-order valence-electron chi connectivity index (χ1n) is 8.60. The Morgan fingerprint density at radius 3 is 2.42 bits per heavy atom. The molecule has 0 aromatic heterocycles. The second-order valence-electron chi connectivity index (χ2n) is 6.23. The van der Waals surface area contributed by atoms with Crippen molar-refractivity contribution < 1.29 is 14.7 Å². The fourth-order valence-electron chi connectivity index (χ4n) is 3.01. The summed E-state index contributed by atoms with van der Waals surface area (Å²) in [4.78, 5) is 28.3. The van der Waals surface area contributed by atoms with Crippen LogP contribution in [0.15, 0.2) is 18.2 Å². The summed E-state index contributed by atoms with van der Waals surface area (Å²) in [5.74, 6) is -0.145. The molecule has 6 nitrogen and oxygen atoms in total. The van der Waals surface area contributed by atoms with E-state index in [-0.39, 0.29) is 23.6 Å². The van der Waals surface area contributed by atoms with Crippen LogP contribution in [0.1, 0.15) is 32.3 Å². The summed E-state index contributed by atoms with van der Waals surface area (Å²) in [6.45, 7) is 8.39. The van der Waals surface area contributed by atoms with E-state index in [1.807, 2.05) is 31.7 Å². The number of rotatable bonds is 4. The molecular formula is C18H27N3O3. The number of piperidine rings is 1. The fourth-order valence-corrected chi connectivity index (χ4v) is 3.01. The third kappa shape index (κ3) is 4.19. The molecule has 0 aliphatic carbocycles. The van der Waals surface area contributed by atoms with Crippen molar-refractivity contribution in [3.8, 4) is 5.75 Å². The van der Waals surface area contributed by atoms with Gasteiger partial charge >= 0.3 is 6.03 Å². The zero-order valence-electron chi connectivity index (χ0n) is 14.7. The molecule has 0 atom stereocenters. The van der Waals surface area contributed by atoms with Gasteiger partial charge in [-0.15, -0.1) is 0 Å². The molecule has 1 aromatic carbocycles. The zero-order valence-corrected chi connectivity index (χ0v) is 14.7. The second kappa shape index (κ2) is 8.04. The number of urea groups is 1. The van der Waals surface area contributed by atoms with Crippen LogP contribution in [0.3, 0.4) is 0 Å². The van der Waals surface area contributed by atoms with Gasteiger partial charge in [0, 0.05) is 32.1 Å². The molecule has 24 heavy (non-hydrogen) atoms. The molecule has 6 heteroatoms. The standard InChI is InChI=1S/C18H27N3O3/c1-4-20(5-2)18(24)21-10-8-14(9-11-21)17(23)19-15-7-6-13(3)12-16(15)22/h6-7,12,14,22H,4-5,8-11H2,1-3H3,(H,19,23). The molecule has 1 aromatic rings. The van der Waals surface area contributed by atoms with E-state index in [0.29, 0.717) is 44.7 Å². The summed E-state index contributed by atoms with van der Waals surface area (Å²) in [6, 6.07) is 5.23. The highest BCUT2D eigenvalue weighted by molar-refractivity contribution is 5.94. The summed E-state index contributed by atoms with van der Waals surface area (Å²) in [5.41, 5.74) is 1.38. The number of carbonyl (C=O) groups is 2. The average molecular weight is 333 g/mol. The molecule has 1 aliphatic rings. The number of likely N-dealkylation sites (tertiary alicyclic amines) is 1. The van der Waals surface area contributed by atoms with Gasteiger partial charge in [-0.2, -0.15) is 0 Å². The lowest BCUT2D eigenvalue weighted by atomic mass is 9.96. The van der Waals surface area contributed by atoms with Crippen LogP contribution in [0.2, 0.25) is 0 Å². The number of carbonyl (C=O) groups excluding carboxylic acids is 2. The quantitative estimate of drug-likeness (QED) is 0.832.